The lowest BCUT2D eigenvalue weighted by Gasteiger charge is -2.35. The van der Waals surface area contributed by atoms with Gasteiger partial charge in [0.2, 0.25) is 0 Å². The molecule has 1 aromatic rings. The van der Waals surface area contributed by atoms with E-state index in [0.717, 1.165) is 31.4 Å². The smallest absolute Gasteiger partial charge is 0.107 e. The number of pyridine rings is 1. The minimum atomic E-state index is -0.700. The first-order valence-corrected chi connectivity index (χ1v) is 5.56. The largest absolute Gasteiger partial charge is 0.384 e. The summed E-state index contributed by atoms with van der Waals surface area (Å²) in [6.07, 6.45) is 5.38. The molecule has 0 aromatic carbocycles. The molecule has 1 aliphatic rings. The third kappa shape index (κ3) is 2.19. The maximum absolute atomic E-state index is 10.5. The molecule has 0 unspecified atom stereocenters. The van der Waals surface area contributed by atoms with Crippen LogP contribution >= 0.6 is 0 Å². The molecule has 0 saturated heterocycles. The molecule has 3 heteroatoms. The van der Waals surface area contributed by atoms with E-state index in [4.69, 9.17) is 0 Å². The van der Waals surface area contributed by atoms with Crippen LogP contribution in [0.5, 0.6) is 0 Å². The molecule has 0 spiro atoms. The van der Waals surface area contributed by atoms with Crippen LogP contribution in [-0.4, -0.2) is 23.2 Å². The van der Waals surface area contributed by atoms with Gasteiger partial charge >= 0.3 is 0 Å². The van der Waals surface area contributed by atoms with Crippen LogP contribution in [0.15, 0.2) is 24.4 Å². The molecule has 82 valence electrons. The van der Waals surface area contributed by atoms with Crippen molar-refractivity contribution in [2.24, 2.45) is 0 Å². The predicted molar refractivity (Wildman–Crippen MR) is 59.4 cm³/mol. The van der Waals surface area contributed by atoms with Gasteiger partial charge < -0.3 is 10.4 Å². The van der Waals surface area contributed by atoms with E-state index in [0.29, 0.717) is 6.04 Å². The molecule has 0 bridgehead atoms. The maximum Gasteiger partial charge on any atom is 0.107 e. The summed E-state index contributed by atoms with van der Waals surface area (Å²) in [6, 6.07) is 6.28. The Kier molecular flexibility index (Phi) is 3.03. The number of rotatable bonds is 2. The molecule has 0 atom stereocenters. The standard InChI is InChI=1S/C12H18N2O/c1-13-10-5-7-12(15,8-6-10)11-4-2-3-9-14-11/h2-4,9-10,13,15H,5-8H2,1H3/t10-,12-. The van der Waals surface area contributed by atoms with Crippen molar-refractivity contribution in [3.63, 3.8) is 0 Å². The van der Waals surface area contributed by atoms with Gasteiger partial charge in [-0.3, -0.25) is 4.98 Å². The second-order valence-electron chi connectivity index (χ2n) is 4.31. The van der Waals surface area contributed by atoms with Crippen molar-refractivity contribution >= 4 is 0 Å². The predicted octanol–water partition coefficient (Wildman–Crippen LogP) is 1.43. The van der Waals surface area contributed by atoms with E-state index in [2.05, 4.69) is 10.3 Å². The number of aliphatic hydroxyl groups is 1. The number of hydrogen-bond donors (Lipinski definition) is 2. The molecule has 2 rings (SSSR count). The van der Waals surface area contributed by atoms with Gasteiger partial charge in [-0.2, -0.15) is 0 Å². The first-order valence-electron chi connectivity index (χ1n) is 5.56. The molecule has 1 aliphatic carbocycles. The number of hydrogen-bond acceptors (Lipinski definition) is 3. The minimum absolute atomic E-state index is 0.550. The molecule has 0 amide bonds. The molecule has 0 aliphatic heterocycles. The SMILES string of the molecule is CN[C@H]1CC[C@@](O)(c2ccccn2)CC1. The van der Waals surface area contributed by atoms with Gasteiger partial charge in [-0.15, -0.1) is 0 Å². The summed E-state index contributed by atoms with van der Waals surface area (Å²) >= 11 is 0. The van der Waals surface area contributed by atoms with Crippen LogP contribution in [0.4, 0.5) is 0 Å². The van der Waals surface area contributed by atoms with E-state index in [9.17, 15) is 5.11 Å². The van der Waals surface area contributed by atoms with Gasteiger partial charge in [0.05, 0.1) is 5.69 Å². The number of nitrogens with zero attached hydrogens (tertiary/aromatic N) is 1. The number of aromatic nitrogens is 1. The lowest BCUT2D eigenvalue weighted by Crippen LogP contribution is -2.38. The molecule has 15 heavy (non-hydrogen) atoms. The Morgan fingerprint density at radius 3 is 2.67 bits per heavy atom. The average Bonchev–Trinajstić information content (AvgIpc) is 2.31. The Morgan fingerprint density at radius 2 is 2.13 bits per heavy atom. The van der Waals surface area contributed by atoms with Crippen LogP contribution in [0, 0.1) is 0 Å². The highest BCUT2D eigenvalue weighted by atomic mass is 16.3. The van der Waals surface area contributed by atoms with E-state index >= 15 is 0 Å². The van der Waals surface area contributed by atoms with Crippen LogP contribution in [0.1, 0.15) is 31.4 Å². The summed E-state index contributed by atoms with van der Waals surface area (Å²) in [5.74, 6) is 0. The van der Waals surface area contributed by atoms with Gasteiger partial charge in [-0.05, 0) is 44.9 Å². The molecule has 1 heterocycles. The molecule has 1 aromatic heterocycles. The summed E-state index contributed by atoms with van der Waals surface area (Å²) in [5, 5.41) is 13.7. The summed E-state index contributed by atoms with van der Waals surface area (Å²) in [4.78, 5) is 4.25. The zero-order valence-electron chi connectivity index (χ0n) is 9.11. The van der Waals surface area contributed by atoms with Crippen molar-refractivity contribution in [3.05, 3.63) is 30.1 Å². The highest BCUT2D eigenvalue weighted by Gasteiger charge is 2.35. The zero-order valence-corrected chi connectivity index (χ0v) is 9.11. The van der Waals surface area contributed by atoms with Crippen LogP contribution < -0.4 is 5.32 Å². The Balaban J connectivity index is 2.10. The lowest BCUT2D eigenvalue weighted by molar-refractivity contribution is -0.0115. The fourth-order valence-electron chi connectivity index (χ4n) is 2.28. The van der Waals surface area contributed by atoms with Crippen LogP contribution in [0.3, 0.4) is 0 Å². The van der Waals surface area contributed by atoms with Crippen molar-refractivity contribution in [3.8, 4) is 0 Å². The average molecular weight is 206 g/mol. The topological polar surface area (TPSA) is 45.1 Å². The fourth-order valence-corrected chi connectivity index (χ4v) is 2.28. The summed E-state index contributed by atoms with van der Waals surface area (Å²) in [5.41, 5.74) is 0.119. The second-order valence-corrected chi connectivity index (χ2v) is 4.31. The van der Waals surface area contributed by atoms with Crippen molar-refractivity contribution in [1.29, 1.82) is 0 Å². The molecular formula is C12H18N2O. The summed E-state index contributed by atoms with van der Waals surface area (Å²) in [6.45, 7) is 0. The molecule has 3 nitrogen and oxygen atoms in total. The first kappa shape index (κ1) is 10.6. The molecule has 1 fully saturated rings. The van der Waals surface area contributed by atoms with Gasteiger partial charge in [0.25, 0.3) is 0 Å². The summed E-state index contributed by atoms with van der Waals surface area (Å²) in [7, 11) is 1.98. The second kappa shape index (κ2) is 4.29. The van der Waals surface area contributed by atoms with Crippen molar-refractivity contribution in [2.75, 3.05) is 7.05 Å². The monoisotopic (exact) mass is 206 g/mol. The van der Waals surface area contributed by atoms with Gasteiger partial charge in [0.15, 0.2) is 0 Å². The van der Waals surface area contributed by atoms with Gasteiger partial charge in [0, 0.05) is 12.2 Å². The fraction of sp³-hybridized carbons (Fsp3) is 0.583. The minimum Gasteiger partial charge on any atom is -0.384 e. The van der Waals surface area contributed by atoms with Crippen molar-refractivity contribution < 1.29 is 5.11 Å². The Morgan fingerprint density at radius 1 is 1.40 bits per heavy atom. The highest BCUT2D eigenvalue weighted by molar-refractivity contribution is 5.14. The lowest BCUT2D eigenvalue weighted by atomic mass is 9.80. The van der Waals surface area contributed by atoms with E-state index in [1.807, 2.05) is 25.2 Å². The Hall–Kier alpha value is -0.930. The molecular weight excluding hydrogens is 188 g/mol. The number of nitrogens with one attached hydrogen (secondary N) is 1. The van der Waals surface area contributed by atoms with E-state index in [1.165, 1.54) is 0 Å². The molecule has 2 N–H and O–H groups in total. The van der Waals surface area contributed by atoms with Crippen LogP contribution in [-0.2, 0) is 5.60 Å². The third-order valence-corrected chi connectivity index (χ3v) is 3.36. The van der Waals surface area contributed by atoms with Crippen LogP contribution in [0.25, 0.3) is 0 Å². The quantitative estimate of drug-likeness (QED) is 0.769. The van der Waals surface area contributed by atoms with Gasteiger partial charge in [-0.25, -0.2) is 0 Å². The summed E-state index contributed by atoms with van der Waals surface area (Å²) < 4.78 is 0. The van der Waals surface area contributed by atoms with E-state index < -0.39 is 5.60 Å². The normalized spacial score (nSPS) is 31.5. The van der Waals surface area contributed by atoms with Gasteiger partial charge in [-0.1, -0.05) is 6.07 Å². The van der Waals surface area contributed by atoms with E-state index in [-0.39, 0.29) is 0 Å². The van der Waals surface area contributed by atoms with Crippen molar-refractivity contribution in [1.82, 2.24) is 10.3 Å². The zero-order chi connectivity index (χ0) is 10.7. The molecule has 0 radical (unpaired) electrons. The molecule has 1 saturated carbocycles. The third-order valence-electron chi connectivity index (χ3n) is 3.36. The van der Waals surface area contributed by atoms with E-state index in [1.54, 1.807) is 6.20 Å². The Bertz CT molecular complexity index is 305. The van der Waals surface area contributed by atoms with Gasteiger partial charge in [0.1, 0.15) is 5.60 Å². The highest BCUT2D eigenvalue weighted by Crippen LogP contribution is 2.35. The maximum atomic E-state index is 10.5. The van der Waals surface area contributed by atoms with Crippen molar-refractivity contribution in [2.45, 2.75) is 37.3 Å². The Labute approximate surface area is 90.5 Å². The van der Waals surface area contributed by atoms with Crippen LogP contribution in [0.2, 0.25) is 0 Å². The first-order chi connectivity index (χ1) is 7.24.